The number of nitrogens with one attached hydrogen (secondary N) is 1. The molecule has 0 spiro atoms. The number of phenolic OH excluding ortho intramolecular Hbond substituents is 1. The molecule has 1 saturated carbocycles. The predicted octanol–water partition coefficient (Wildman–Crippen LogP) is 3.65. The van der Waals surface area contributed by atoms with E-state index in [1.165, 1.54) is 56.0 Å². The van der Waals surface area contributed by atoms with Crippen molar-refractivity contribution in [2.45, 2.75) is 24.4 Å². The molecule has 0 amide bonds. The lowest BCUT2D eigenvalue weighted by Crippen LogP contribution is -2.49. The van der Waals surface area contributed by atoms with Gasteiger partial charge in [0.05, 0.1) is 18.4 Å². The molecule has 9 heteroatoms. The molecule has 0 atom stereocenters. The number of anilines is 1. The molecule has 0 bridgehead atoms. The number of hydrogen-bond acceptors (Lipinski definition) is 7. The number of phenols is 1. The largest absolute Gasteiger partial charge is 0.507 e. The number of aromatic nitrogens is 3. The van der Waals surface area contributed by atoms with E-state index >= 15 is 0 Å². The Hall–Kier alpha value is -3.62. The Morgan fingerprint density at radius 3 is 2.65 bits per heavy atom. The minimum Gasteiger partial charge on any atom is -0.507 e. The van der Waals surface area contributed by atoms with Crippen molar-refractivity contribution in [2.75, 3.05) is 19.0 Å². The highest BCUT2D eigenvalue weighted by Gasteiger charge is 2.48. The van der Waals surface area contributed by atoms with Crippen LogP contribution in [0, 0.1) is 5.82 Å². The van der Waals surface area contributed by atoms with Crippen molar-refractivity contribution in [2.24, 2.45) is 0 Å². The van der Waals surface area contributed by atoms with Gasteiger partial charge in [-0.1, -0.05) is 0 Å². The quantitative estimate of drug-likeness (QED) is 0.581. The lowest BCUT2D eigenvalue weighted by atomic mass is 9.65. The third-order valence-corrected chi connectivity index (χ3v) is 5.45. The van der Waals surface area contributed by atoms with Gasteiger partial charge in [-0.15, -0.1) is 0 Å². The first kappa shape index (κ1) is 20.6. The van der Waals surface area contributed by atoms with Crippen molar-refractivity contribution < 1.29 is 23.4 Å². The number of carbonyl (C=O) groups excluding carboxylic acids is 1. The van der Waals surface area contributed by atoms with Gasteiger partial charge in [0, 0.05) is 41.7 Å². The van der Waals surface area contributed by atoms with E-state index < -0.39 is 23.4 Å². The number of hydrogen-bond donors (Lipinski definition) is 2. The van der Waals surface area contributed by atoms with E-state index in [0.29, 0.717) is 11.1 Å². The van der Waals surface area contributed by atoms with E-state index in [9.17, 15) is 18.7 Å². The van der Waals surface area contributed by atoms with Gasteiger partial charge in [0.2, 0.25) is 5.95 Å². The first-order valence-corrected chi connectivity index (χ1v) is 9.64. The molecule has 160 valence electrons. The molecule has 1 aromatic carbocycles. The van der Waals surface area contributed by atoms with Gasteiger partial charge in [-0.25, -0.2) is 23.5 Å². The van der Waals surface area contributed by atoms with Crippen LogP contribution in [0.3, 0.4) is 0 Å². The highest BCUT2D eigenvalue weighted by Crippen LogP contribution is 2.45. The van der Waals surface area contributed by atoms with Crippen LogP contribution in [-0.4, -0.2) is 45.9 Å². The standard InChI is InChI=1S/C22H20F2N4O3/c1-31-20(30)13-4-5-18(29)16(7-13)14-10-26-21(27-11-14)28-12-22(8-15(23)9-22)19-17(24)3-2-6-25-19/h2-7,10-11,15,29H,8-9,12H2,1H3,(H,26,27,28)/t15-,22-. The topological polar surface area (TPSA) is 97.2 Å². The SMILES string of the molecule is COC(=O)c1ccc(O)c(-c2cnc(NC[C@]3(c4ncccc4F)C[C@H](F)C3)nc2)c1. The normalized spacial score (nSPS) is 20.0. The number of rotatable bonds is 6. The maximum atomic E-state index is 14.3. The molecule has 2 heterocycles. The summed E-state index contributed by atoms with van der Waals surface area (Å²) in [7, 11) is 1.27. The zero-order valence-electron chi connectivity index (χ0n) is 16.7. The fourth-order valence-corrected chi connectivity index (χ4v) is 3.80. The third kappa shape index (κ3) is 4.03. The number of pyridine rings is 1. The van der Waals surface area contributed by atoms with Crippen molar-refractivity contribution in [3.05, 3.63) is 66.0 Å². The molecule has 0 unspecified atom stereocenters. The second kappa shape index (κ2) is 8.25. The first-order valence-electron chi connectivity index (χ1n) is 9.64. The molecule has 0 radical (unpaired) electrons. The van der Waals surface area contributed by atoms with E-state index in [2.05, 4.69) is 20.3 Å². The zero-order chi connectivity index (χ0) is 22.0. The van der Waals surface area contributed by atoms with Gasteiger partial charge in [-0.2, -0.15) is 0 Å². The number of ether oxygens (including phenoxy) is 1. The van der Waals surface area contributed by atoms with Crippen LogP contribution in [0.15, 0.2) is 48.9 Å². The summed E-state index contributed by atoms with van der Waals surface area (Å²) in [4.78, 5) is 24.3. The number of halogens is 2. The Balaban J connectivity index is 1.52. The Labute approximate surface area is 177 Å². The summed E-state index contributed by atoms with van der Waals surface area (Å²) in [6.45, 7) is 0.226. The van der Waals surface area contributed by atoms with E-state index in [-0.39, 0.29) is 42.3 Å². The Bertz CT molecular complexity index is 1100. The van der Waals surface area contributed by atoms with E-state index in [1.54, 1.807) is 0 Å². The van der Waals surface area contributed by atoms with Crippen LogP contribution >= 0.6 is 0 Å². The van der Waals surface area contributed by atoms with E-state index in [0.717, 1.165) is 0 Å². The molecule has 7 nitrogen and oxygen atoms in total. The number of esters is 1. The van der Waals surface area contributed by atoms with Crippen molar-refractivity contribution in [3.63, 3.8) is 0 Å². The van der Waals surface area contributed by atoms with Crippen molar-refractivity contribution >= 4 is 11.9 Å². The van der Waals surface area contributed by atoms with Crippen LogP contribution in [0.5, 0.6) is 5.75 Å². The van der Waals surface area contributed by atoms with Gasteiger partial charge in [-0.3, -0.25) is 4.98 Å². The third-order valence-electron chi connectivity index (χ3n) is 5.45. The number of nitrogens with zero attached hydrogens (tertiary/aromatic N) is 3. The summed E-state index contributed by atoms with van der Waals surface area (Å²) in [5.74, 6) is -0.761. The fraction of sp³-hybridized carbons (Fsp3) is 0.273. The lowest BCUT2D eigenvalue weighted by molar-refractivity contribution is 0.0600. The van der Waals surface area contributed by atoms with Gasteiger partial charge >= 0.3 is 5.97 Å². The van der Waals surface area contributed by atoms with Crippen LogP contribution in [0.1, 0.15) is 28.9 Å². The summed E-state index contributed by atoms with van der Waals surface area (Å²) in [6.07, 6.45) is 3.79. The molecule has 31 heavy (non-hydrogen) atoms. The van der Waals surface area contributed by atoms with E-state index in [4.69, 9.17) is 4.74 Å². The monoisotopic (exact) mass is 426 g/mol. The summed E-state index contributed by atoms with van der Waals surface area (Å²) in [5.41, 5.74) is 0.618. The molecule has 0 aliphatic heterocycles. The molecule has 0 saturated heterocycles. The molecule has 1 aliphatic rings. The molecule has 1 aliphatic carbocycles. The smallest absolute Gasteiger partial charge is 0.337 e. The number of alkyl halides is 1. The Kier molecular flexibility index (Phi) is 5.50. The van der Waals surface area contributed by atoms with Gasteiger partial charge < -0.3 is 15.2 Å². The molecule has 4 rings (SSSR count). The maximum absolute atomic E-state index is 14.3. The number of carbonyl (C=O) groups is 1. The molecule has 2 N–H and O–H groups in total. The van der Waals surface area contributed by atoms with Crippen LogP contribution in [0.2, 0.25) is 0 Å². The average Bonchev–Trinajstić information content (AvgIpc) is 2.76. The second-order valence-corrected chi connectivity index (χ2v) is 7.49. The predicted molar refractivity (Wildman–Crippen MR) is 109 cm³/mol. The summed E-state index contributed by atoms with van der Waals surface area (Å²) < 4.78 is 32.6. The van der Waals surface area contributed by atoms with Crippen LogP contribution in [0.4, 0.5) is 14.7 Å². The molecule has 1 fully saturated rings. The van der Waals surface area contributed by atoms with E-state index in [1.807, 2.05) is 0 Å². The zero-order valence-corrected chi connectivity index (χ0v) is 16.7. The van der Waals surface area contributed by atoms with Gasteiger partial charge in [0.15, 0.2) is 0 Å². The minimum atomic E-state index is -1.00. The summed E-state index contributed by atoms with van der Waals surface area (Å²) in [6, 6.07) is 7.15. The highest BCUT2D eigenvalue weighted by molar-refractivity contribution is 5.91. The molecular weight excluding hydrogens is 406 g/mol. The van der Waals surface area contributed by atoms with Crippen LogP contribution in [0.25, 0.3) is 11.1 Å². The Morgan fingerprint density at radius 1 is 1.26 bits per heavy atom. The fourth-order valence-electron chi connectivity index (χ4n) is 3.80. The number of methoxy groups -OCH3 is 1. The number of benzene rings is 1. The van der Waals surface area contributed by atoms with Crippen molar-refractivity contribution in [1.82, 2.24) is 15.0 Å². The lowest BCUT2D eigenvalue weighted by Gasteiger charge is -2.43. The van der Waals surface area contributed by atoms with Crippen LogP contribution < -0.4 is 5.32 Å². The van der Waals surface area contributed by atoms with Crippen LogP contribution in [-0.2, 0) is 10.2 Å². The maximum Gasteiger partial charge on any atom is 0.337 e. The van der Waals surface area contributed by atoms with Gasteiger partial charge in [0.1, 0.15) is 17.7 Å². The first-order chi connectivity index (χ1) is 14.9. The Morgan fingerprint density at radius 2 is 2.00 bits per heavy atom. The highest BCUT2D eigenvalue weighted by atomic mass is 19.1. The average molecular weight is 426 g/mol. The molecule has 3 aromatic rings. The van der Waals surface area contributed by atoms with Gasteiger partial charge in [-0.05, 0) is 43.2 Å². The molecule has 2 aromatic heterocycles. The summed E-state index contributed by atoms with van der Waals surface area (Å²) >= 11 is 0. The second-order valence-electron chi connectivity index (χ2n) is 7.49. The van der Waals surface area contributed by atoms with Crippen molar-refractivity contribution in [3.8, 4) is 16.9 Å². The number of aromatic hydroxyl groups is 1. The molecular formula is C22H20F2N4O3. The minimum absolute atomic E-state index is 0.0370. The summed E-state index contributed by atoms with van der Waals surface area (Å²) in [5, 5.41) is 13.2. The van der Waals surface area contributed by atoms with Gasteiger partial charge in [0.25, 0.3) is 0 Å². The van der Waals surface area contributed by atoms with Crippen molar-refractivity contribution in [1.29, 1.82) is 0 Å².